The minimum Gasteiger partial charge on any atom is -0.467 e. The summed E-state index contributed by atoms with van der Waals surface area (Å²) in [6, 6.07) is 3.67. The second-order valence-electron chi connectivity index (χ2n) is 3.66. The molecule has 1 aromatic heterocycles. The van der Waals surface area contributed by atoms with E-state index < -0.39 is 6.10 Å². The van der Waals surface area contributed by atoms with Crippen LogP contribution >= 0.6 is 0 Å². The summed E-state index contributed by atoms with van der Waals surface area (Å²) < 4.78 is 10.4. The number of likely N-dealkylation sites (N-methyl/N-ethyl adjacent to an activating group) is 1. The number of aliphatic hydroxyl groups is 1. The molecule has 1 atom stereocenters. The Morgan fingerprint density at radius 2 is 2.36 bits per heavy atom. The van der Waals surface area contributed by atoms with Crippen LogP contribution in [-0.4, -0.2) is 38.5 Å². The van der Waals surface area contributed by atoms with Gasteiger partial charge in [-0.15, -0.1) is 0 Å². The number of nitrogens with one attached hydrogen (secondary N) is 1. The largest absolute Gasteiger partial charge is 0.467 e. The first-order valence-corrected chi connectivity index (χ1v) is 4.75. The van der Waals surface area contributed by atoms with Gasteiger partial charge in [-0.05, 0) is 12.1 Å². The van der Waals surface area contributed by atoms with Crippen LogP contribution in [0.3, 0.4) is 0 Å². The SMILES string of the molecule is C[NH+](C)C[C@H](O)COCc1ccco1. The molecule has 1 heterocycles. The molecule has 0 spiro atoms. The molecule has 0 saturated carbocycles. The summed E-state index contributed by atoms with van der Waals surface area (Å²) in [6.07, 6.45) is 1.20. The summed E-state index contributed by atoms with van der Waals surface area (Å²) in [4.78, 5) is 1.21. The predicted molar refractivity (Wildman–Crippen MR) is 52.0 cm³/mol. The van der Waals surface area contributed by atoms with E-state index in [0.29, 0.717) is 19.8 Å². The first-order chi connectivity index (χ1) is 6.68. The molecular weight excluding hydrogens is 182 g/mol. The van der Waals surface area contributed by atoms with Crippen LogP contribution in [0.2, 0.25) is 0 Å². The minimum absolute atomic E-state index is 0.353. The van der Waals surface area contributed by atoms with Crippen molar-refractivity contribution in [2.24, 2.45) is 0 Å². The molecule has 0 saturated heterocycles. The number of furan rings is 1. The lowest BCUT2D eigenvalue weighted by atomic mass is 10.3. The fourth-order valence-electron chi connectivity index (χ4n) is 1.22. The number of quaternary nitrogens is 1. The Labute approximate surface area is 84.1 Å². The van der Waals surface area contributed by atoms with E-state index >= 15 is 0 Å². The first kappa shape index (κ1) is 11.2. The second-order valence-corrected chi connectivity index (χ2v) is 3.66. The van der Waals surface area contributed by atoms with Crippen molar-refractivity contribution in [2.75, 3.05) is 27.2 Å². The molecule has 0 radical (unpaired) electrons. The van der Waals surface area contributed by atoms with Crippen molar-refractivity contribution in [1.29, 1.82) is 0 Å². The lowest BCUT2D eigenvalue weighted by Gasteiger charge is -2.13. The quantitative estimate of drug-likeness (QED) is 0.638. The van der Waals surface area contributed by atoms with Crippen molar-refractivity contribution in [3.63, 3.8) is 0 Å². The maximum Gasteiger partial charge on any atom is 0.129 e. The first-order valence-electron chi connectivity index (χ1n) is 4.75. The standard InChI is InChI=1S/C10H17NO3/c1-11(2)6-9(12)7-13-8-10-4-3-5-14-10/h3-5,9,12H,6-8H2,1-2H3/p+1/t9-/m0/s1. The van der Waals surface area contributed by atoms with Crippen molar-refractivity contribution in [3.05, 3.63) is 24.2 Å². The lowest BCUT2D eigenvalue weighted by molar-refractivity contribution is -0.861. The molecule has 4 heteroatoms. The van der Waals surface area contributed by atoms with Gasteiger partial charge in [0.2, 0.25) is 0 Å². The summed E-state index contributed by atoms with van der Waals surface area (Å²) in [7, 11) is 3.99. The van der Waals surface area contributed by atoms with Crippen LogP contribution in [0, 0.1) is 0 Å². The third kappa shape index (κ3) is 4.41. The number of ether oxygens (including phenoxy) is 1. The van der Waals surface area contributed by atoms with E-state index in [1.807, 2.05) is 26.2 Å². The van der Waals surface area contributed by atoms with Crippen molar-refractivity contribution < 1.29 is 19.2 Å². The molecule has 0 bridgehead atoms. The van der Waals surface area contributed by atoms with E-state index in [0.717, 1.165) is 5.76 Å². The van der Waals surface area contributed by atoms with E-state index in [-0.39, 0.29) is 0 Å². The summed E-state index contributed by atoms with van der Waals surface area (Å²) in [6.45, 7) is 1.47. The third-order valence-electron chi connectivity index (χ3n) is 1.78. The van der Waals surface area contributed by atoms with Gasteiger partial charge in [-0.25, -0.2) is 0 Å². The molecular formula is C10H18NO3+. The maximum atomic E-state index is 9.47. The average Bonchev–Trinajstić information content (AvgIpc) is 2.55. The van der Waals surface area contributed by atoms with Gasteiger partial charge in [0, 0.05) is 0 Å². The van der Waals surface area contributed by atoms with Gasteiger partial charge in [0.1, 0.15) is 25.0 Å². The Morgan fingerprint density at radius 3 is 2.93 bits per heavy atom. The van der Waals surface area contributed by atoms with Crippen molar-refractivity contribution in [3.8, 4) is 0 Å². The molecule has 1 rings (SSSR count). The molecule has 80 valence electrons. The Hall–Kier alpha value is -0.840. The zero-order chi connectivity index (χ0) is 10.4. The van der Waals surface area contributed by atoms with Gasteiger partial charge in [-0.1, -0.05) is 0 Å². The highest BCUT2D eigenvalue weighted by Crippen LogP contribution is 2.01. The van der Waals surface area contributed by atoms with Crippen molar-refractivity contribution >= 4 is 0 Å². The molecule has 0 aliphatic heterocycles. The molecule has 1 aromatic rings. The van der Waals surface area contributed by atoms with E-state index in [1.54, 1.807) is 6.26 Å². The van der Waals surface area contributed by atoms with Crippen molar-refractivity contribution in [2.45, 2.75) is 12.7 Å². The zero-order valence-corrected chi connectivity index (χ0v) is 8.69. The van der Waals surface area contributed by atoms with Crippen LogP contribution in [-0.2, 0) is 11.3 Å². The Kier molecular flexibility index (Phi) is 4.65. The van der Waals surface area contributed by atoms with Gasteiger partial charge in [-0.3, -0.25) is 0 Å². The van der Waals surface area contributed by atoms with Gasteiger partial charge in [0.25, 0.3) is 0 Å². The van der Waals surface area contributed by atoms with Gasteiger partial charge in [0.15, 0.2) is 0 Å². The summed E-state index contributed by atoms with van der Waals surface area (Å²) in [5.41, 5.74) is 0. The smallest absolute Gasteiger partial charge is 0.129 e. The number of aliphatic hydroxyl groups excluding tert-OH is 1. The lowest BCUT2D eigenvalue weighted by Crippen LogP contribution is -3.07. The molecule has 2 N–H and O–H groups in total. The fourth-order valence-corrected chi connectivity index (χ4v) is 1.22. The third-order valence-corrected chi connectivity index (χ3v) is 1.78. The van der Waals surface area contributed by atoms with Gasteiger partial charge in [-0.2, -0.15) is 0 Å². The monoisotopic (exact) mass is 200 g/mol. The summed E-state index contributed by atoms with van der Waals surface area (Å²) in [5.74, 6) is 0.786. The topological polar surface area (TPSA) is 47.0 Å². The highest BCUT2D eigenvalue weighted by atomic mass is 16.5. The zero-order valence-electron chi connectivity index (χ0n) is 8.69. The van der Waals surface area contributed by atoms with E-state index in [1.165, 1.54) is 4.90 Å². The normalized spacial score (nSPS) is 13.4. The van der Waals surface area contributed by atoms with Crippen LogP contribution in [0.25, 0.3) is 0 Å². The second kappa shape index (κ2) is 5.80. The minimum atomic E-state index is -0.407. The predicted octanol–water partition coefficient (Wildman–Crippen LogP) is -0.698. The highest BCUT2D eigenvalue weighted by Gasteiger charge is 2.08. The molecule has 4 nitrogen and oxygen atoms in total. The summed E-state index contributed by atoms with van der Waals surface area (Å²) >= 11 is 0. The average molecular weight is 200 g/mol. The molecule has 0 aromatic carbocycles. The molecule has 0 unspecified atom stereocenters. The molecule has 0 amide bonds. The number of hydrogen-bond donors (Lipinski definition) is 2. The fraction of sp³-hybridized carbons (Fsp3) is 0.600. The maximum absolute atomic E-state index is 9.47. The van der Waals surface area contributed by atoms with Crippen LogP contribution in [0.15, 0.2) is 22.8 Å². The Balaban J connectivity index is 2.09. The highest BCUT2D eigenvalue weighted by molar-refractivity contribution is 4.95. The van der Waals surface area contributed by atoms with Gasteiger partial charge >= 0.3 is 0 Å². The van der Waals surface area contributed by atoms with E-state index in [9.17, 15) is 5.11 Å². The van der Waals surface area contributed by atoms with E-state index in [4.69, 9.17) is 9.15 Å². The van der Waals surface area contributed by atoms with Crippen LogP contribution in [0.5, 0.6) is 0 Å². The Bertz CT molecular complexity index is 234. The van der Waals surface area contributed by atoms with Gasteiger partial charge in [0.05, 0.1) is 27.0 Å². The molecule has 0 aliphatic carbocycles. The molecule has 0 fully saturated rings. The summed E-state index contributed by atoms with van der Waals surface area (Å²) in [5, 5.41) is 9.47. The van der Waals surface area contributed by atoms with Crippen LogP contribution in [0.4, 0.5) is 0 Å². The molecule has 0 aliphatic rings. The van der Waals surface area contributed by atoms with Crippen molar-refractivity contribution in [1.82, 2.24) is 0 Å². The molecule has 14 heavy (non-hydrogen) atoms. The van der Waals surface area contributed by atoms with Crippen LogP contribution in [0.1, 0.15) is 5.76 Å². The van der Waals surface area contributed by atoms with Gasteiger partial charge < -0.3 is 19.2 Å². The number of hydrogen-bond acceptors (Lipinski definition) is 3. The Morgan fingerprint density at radius 1 is 1.57 bits per heavy atom. The number of rotatable bonds is 6. The van der Waals surface area contributed by atoms with E-state index in [2.05, 4.69) is 0 Å². The van der Waals surface area contributed by atoms with Crippen LogP contribution < -0.4 is 4.90 Å².